The fourth-order valence-corrected chi connectivity index (χ4v) is 0.951. The van der Waals surface area contributed by atoms with Crippen LogP contribution in [0.2, 0.25) is 0 Å². The van der Waals surface area contributed by atoms with E-state index in [4.69, 9.17) is 0 Å². The number of nitro benzene ring substituents is 1. The summed E-state index contributed by atoms with van der Waals surface area (Å²) in [7, 11) is 0. The van der Waals surface area contributed by atoms with E-state index >= 15 is 0 Å². The van der Waals surface area contributed by atoms with E-state index in [2.05, 4.69) is 13.8 Å². The second-order valence-corrected chi connectivity index (χ2v) is 3.73. The number of rotatable bonds is 4. The van der Waals surface area contributed by atoms with Gasteiger partial charge >= 0.3 is 0 Å². The van der Waals surface area contributed by atoms with Crippen molar-refractivity contribution in [1.29, 1.82) is 0 Å². The zero-order valence-corrected chi connectivity index (χ0v) is 9.63. The maximum absolute atomic E-state index is 10.0. The third-order valence-electron chi connectivity index (χ3n) is 1.83. The maximum Gasteiger partial charge on any atom is 0.269 e. The summed E-state index contributed by atoms with van der Waals surface area (Å²) in [6.07, 6.45) is 2.72. The number of benzene rings is 1. The summed E-state index contributed by atoms with van der Waals surface area (Å²) in [5.74, 6) is 0.671. The Hall–Kier alpha value is -1.71. The summed E-state index contributed by atoms with van der Waals surface area (Å²) >= 11 is 0. The topological polar surface area (TPSA) is 60.2 Å². The minimum atomic E-state index is -0.417. The molecule has 0 unspecified atom stereocenters. The molecule has 1 aromatic carbocycles. The highest BCUT2D eigenvalue weighted by molar-refractivity contribution is 5.48. The van der Waals surface area contributed by atoms with Crippen molar-refractivity contribution in [2.45, 2.75) is 34.1 Å². The molecule has 0 amide bonds. The third-order valence-corrected chi connectivity index (χ3v) is 1.83. The second-order valence-electron chi connectivity index (χ2n) is 3.73. The number of nitrogens with zero attached hydrogens (tertiary/aromatic N) is 1. The van der Waals surface area contributed by atoms with Gasteiger partial charge < -0.3 is 4.79 Å². The number of hydrogen-bond acceptors (Lipinski definition) is 3. The van der Waals surface area contributed by atoms with Gasteiger partial charge in [-0.2, -0.15) is 0 Å². The van der Waals surface area contributed by atoms with Crippen molar-refractivity contribution in [2.75, 3.05) is 0 Å². The molecule has 96 valence electrons. The predicted octanol–water partition coefficient (Wildman–Crippen LogP) is 3.85. The summed E-state index contributed by atoms with van der Waals surface area (Å²) in [6, 6.07) is 7.93. The van der Waals surface area contributed by atoms with Gasteiger partial charge in [0.25, 0.3) is 5.69 Å². The van der Waals surface area contributed by atoms with Gasteiger partial charge in [0.2, 0.25) is 0 Å². The van der Waals surface area contributed by atoms with Crippen molar-refractivity contribution in [3.63, 3.8) is 0 Å². The quantitative estimate of drug-likeness (QED) is 0.455. The molecule has 4 heteroatoms. The van der Waals surface area contributed by atoms with Gasteiger partial charge in [0, 0.05) is 18.6 Å². The van der Waals surface area contributed by atoms with E-state index in [9.17, 15) is 14.9 Å². The fourth-order valence-electron chi connectivity index (χ4n) is 0.951. The molecule has 0 spiro atoms. The molecule has 1 rings (SSSR count). The van der Waals surface area contributed by atoms with Crippen LogP contribution in [0.15, 0.2) is 30.3 Å². The van der Waals surface area contributed by atoms with Crippen LogP contribution in [0.4, 0.5) is 5.69 Å². The number of aldehydes is 1. The highest BCUT2D eigenvalue weighted by atomic mass is 16.6. The molecule has 0 aliphatic heterocycles. The van der Waals surface area contributed by atoms with E-state index in [0.717, 1.165) is 19.1 Å². The molecular formula is C13H21NO3. The molecule has 0 N–H and O–H groups in total. The van der Waals surface area contributed by atoms with Gasteiger partial charge in [-0.05, 0) is 12.3 Å². The molecule has 0 saturated heterocycles. The normalized spacial score (nSPS) is 8.65. The summed E-state index contributed by atoms with van der Waals surface area (Å²) in [4.78, 5) is 19.3. The number of carbonyl (C=O) groups is 1. The lowest BCUT2D eigenvalue weighted by Gasteiger charge is -1.95. The van der Waals surface area contributed by atoms with E-state index in [1.807, 2.05) is 0 Å². The van der Waals surface area contributed by atoms with E-state index in [1.165, 1.54) is 12.1 Å². The van der Waals surface area contributed by atoms with Gasteiger partial charge in [-0.15, -0.1) is 0 Å². The van der Waals surface area contributed by atoms with Crippen LogP contribution in [0, 0.1) is 16.0 Å². The molecular weight excluding hydrogens is 218 g/mol. The Morgan fingerprint density at radius 2 is 1.82 bits per heavy atom. The molecule has 0 aromatic heterocycles. The average molecular weight is 239 g/mol. The maximum atomic E-state index is 10.0. The van der Waals surface area contributed by atoms with Gasteiger partial charge in [-0.25, -0.2) is 0 Å². The lowest BCUT2D eigenvalue weighted by Crippen LogP contribution is -1.85. The molecule has 0 bridgehead atoms. The lowest BCUT2D eigenvalue weighted by molar-refractivity contribution is -0.384. The van der Waals surface area contributed by atoms with Crippen LogP contribution in [-0.2, 0) is 4.79 Å². The first-order valence-electron chi connectivity index (χ1n) is 5.21. The Bertz CT molecular complexity index is 310. The largest absolute Gasteiger partial charge is 0.303 e. The molecule has 0 fully saturated rings. The Morgan fingerprint density at radius 3 is 2.06 bits per heavy atom. The second kappa shape index (κ2) is 10.8. The molecule has 4 nitrogen and oxygen atoms in total. The molecule has 0 saturated carbocycles. The number of non-ortho nitro benzene ring substituents is 1. The molecule has 17 heavy (non-hydrogen) atoms. The standard InChI is InChI=1S/C6H5NO2.C6H12O.CH4/c8-7(9)6-4-2-1-3-5-6;1-6(2)4-3-5-7;/h1-5H;5-6H,3-4H2,1-2H3;1H4. The van der Waals surface area contributed by atoms with Gasteiger partial charge in [0.05, 0.1) is 4.92 Å². The van der Waals surface area contributed by atoms with Gasteiger partial charge in [0.1, 0.15) is 6.29 Å². The van der Waals surface area contributed by atoms with Gasteiger partial charge in [-0.1, -0.05) is 39.5 Å². The Morgan fingerprint density at radius 1 is 1.29 bits per heavy atom. The first kappa shape index (κ1) is 17.7. The zero-order valence-electron chi connectivity index (χ0n) is 9.63. The van der Waals surface area contributed by atoms with Crippen molar-refractivity contribution in [3.05, 3.63) is 40.4 Å². The van der Waals surface area contributed by atoms with Crippen LogP contribution in [0.3, 0.4) is 0 Å². The van der Waals surface area contributed by atoms with E-state index < -0.39 is 4.92 Å². The smallest absolute Gasteiger partial charge is 0.269 e. The van der Waals surface area contributed by atoms with Crippen molar-refractivity contribution < 1.29 is 9.72 Å². The van der Waals surface area contributed by atoms with Crippen LogP contribution in [0.5, 0.6) is 0 Å². The van der Waals surface area contributed by atoms with E-state index in [1.54, 1.807) is 18.2 Å². The predicted molar refractivity (Wildman–Crippen MR) is 70.0 cm³/mol. The van der Waals surface area contributed by atoms with Crippen molar-refractivity contribution in [1.82, 2.24) is 0 Å². The van der Waals surface area contributed by atoms with Crippen LogP contribution in [0.25, 0.3) is 0 Å². The summed E-state index contributed by atoms with van der Waals surface area (Å²) in [5, 5.41) is 10.0. The minimum absolute atomic E-state index is 0. The first-order valence-corrected chi connectivity index (χ1v) is 5.21. The molecule has 0 atom stereocenters. The Kier molecular flexibility index (Phi) is 11.2. The van der Waals surface area contributed by atoms with Gasteiger partial charge in [0.15, 0.2) is 0 Å². The summed E-state index contributed by atoms with van der Waals surface area (Å²) in [5.41, 5.74) is 0.137. The number of nitro groups is 1. The van der Waals surface area contributed by atoms with Crippen LogP contribution in [-0.4, -0.2) is 11.2 Å². The van der Waals surface area contributed by atoms with Crippen LogP contribution in [0.1, 0.15) is 34.1 Å². The SMILES string of the molecule is C.CC(C)CCC=O.O=[N+]([O-])c1ccccc1. The van der Waals surface area contributed by atoms with Crippen LogP contribution < -0.4 is 0 Å². The van der Waals surface area contributed by atoms with Crippen molar-refractivity contribution in [3.8, 4) is 0 Å². The highest BCUT2D eigenvalue weighted by Crippen LogP contribution is 2.06. The van der Waals surface area contributed by atoms with Crippen molar-refractivity contribution >= 4 is 12.0 Å². The minimum Gasteiger partial charge on any atom is -0.303 e. The Labute approximate surface area is 103 Å². The van der Waals surface area contributed by atoms with Crippen LogP contribution >= 0.6 is 0 Å². The molecule has 0 aliphatic rings. The fraction of sp³-hybridized carbons (Fsp3) is 0.462. The zero-order chi connectivity index (χ0) is 12.4. The van der Waals surface area contributed by atoms with Gasteiger partial charge in [-0.3, -0.25) is 10.1 Å². The summed E-state index contributed by atoms with van der Waals surface area (Å²) in [6.45, 7) is 4.23. The molecule has 0 heterocycles. The number of para-hydroxylation sites is 1. The number of hydrogen-bond donors (Lipinski definition) is 0. The highest BCUT2D eigenvalue weighted by Gasteiger charge is 1.98. The van der Waals surface area contributed by atoms with Crippen molar-refractivity contribution in [2.24, 2.45) is 5.92 Å². The lowest BCUT2D eigenvalue weighted by atomic mass is 10.1. The molecule has 1 aromatic rings. The number of carbonyl (C=O) groups excluding carboxylic acids is 1. The Balaban J connectivity index is 0. The van der Waals surface area contributed by atoms with E-state index in [-0.39, 0.29) is 13.1 Å². The molecule has 0 radical (unpaired) electrons. The van der Waals surface area contributed by atoms with E-state index in [0.29, 0.717) is 5.92 Å². The summed E-state index contributed by atoms with van der Waals surface area (Å²) < 4.78 is 0. The monoisotopic (exact) mass is 239 g/mol. The first-order chi connectivity index (χ1) is 7.57. The third kappa shape index (κ3) is 10.6. The molecule has 0 aliphatic carbocycles. The average Bonchev–Trinajstić information content (AvgIpc) is 2.28.